The van der Waals surface area contributed by atoms with Crippen molar-refractivity contribution in [2.45, 2.75) is 270 Å². The second-order valence-electron chi connectivity index (χ2n) is 19.7. The lowest BCUT2D eigenvalue weighted by atomic mass is 10.0. The van der Waals surface area contributed by atoms with Gasteiger partial charge in [-0.1, -0.05) is 219 Å². The third kappa shape index (κ3) is 45.6. The minimum Gasteiger partial charge on any atom is -0.756 e. The molecular weight excluding hydrogens is 820 g/mol. The Morgan fingerprint density at radius 1 is 0.531 bits per heavy atom. The summed E-state index contributed by atoms with van der Waals surface area (Å²) in [4.78, 5) is 39.7. The van der Waals surface area contributed by atoms with Crippen molar-refractivity contribution in [1.29, 1.82) is 0 Å². The Bertz CT molecular complexity index is 1160. The quantitative estimate of drug-likeness (QED) is 0.0212. The molecule has 1 N–H and O–H groups in total. The van der Waals surface area contributed by atoms with E-state index in [0.717, 1.165) is 83.5 Å². The molecule has 378 valence electrons. The van der Waals surface area contributed by atoms with E-state index in [9.17, 15) is 19.0 Å². The smallest absolute Gasteiger partial charge is 0.306 e. The predicted octanol–water partition coefficient (Wildman–Crippen LogP) is 15.2. The number of unbranched alkanes of at least 4 members (excludes halogenated alkanes) is 31. The van der Waals surface area contributed by atoms with E-state index in [2.05, 4.69) is 38.2 Å². The molecule has 3 atom stereocenters. The Morgan fingerprint density at radius 3 is 1.38 bits per heavy atom. The van der Waals surface area contributed by atoms with Crippen LogP contribution in [0.15, 0.2) is 24.3 Å². The van der Waals surface area contributed by atoms with Gasteiger partial charge in [0.15, 0.2) is 0 Å². The topological polar surface area (TPSA) is 114 Å². The molecular formula is C54H105N2O7P. The van der Waals surface area contributed by atoms with Crippen molar-refractivity contribution in [2.24, 2.45) is 0 Å². The first-order chi connectivity index (χ1) is 30.9. The van der Waals surface area contributed by atoms with E-state index in [1.54, 1.807) is 0 Å². The maximum atomic E-state index is 13.4. The van der Waals surface area contributed by atoms with Crippen LogP contribution in [0.1, 0.15) is 258 Å². The normalized spacial score (nSPS) is 14.0. The number of ether oxygens (including phenoxy) is 1. The van der Waals surface area contributed by atoms with Crippen molar-refractivity contribution in [3.05, 3.63) is 24.3 Å². The molecule has 0 radical (unpaired) electrons. The van der Waals surface area contributed by atoms with Gasteiger partial charge in [0.25, 0.3) is 7.82 Å². The molecule has 0 spiro atoms. The Labute approximate surface area is 396 Å². The standard InChI is InChI=1S/C54H105N2O7P/c1-7-10-13-16-19-22-25-26-27-28-29-32-34-37-40-43-46-53(57)55-51(50-62-64(59,60)61-49-48-56(4,5)6)52(45-42-39-36-33-30-23-20-17-14-11-8-2)63-54(58)47-44-41-38-35-31-24-21-18-15-12-9-3/h18,21,42,45,51-52H,7-17,19-20,22-41,43-44,46-50H2,1-6H3,(H-,55,57,59,60)/b21-18-,45-42+. The third-order valence-corrected chi connectivity index (χ3v) is 13.1. The van der Waals surface area contributed by atoms with Crippen LogP contribution in [-0.2, 0) is 27.9 Å². The number of esters is 1. The molecule has 0 aromatic rings. The number of allylic oxidation sites excluding steroid dienone is 3. The zero-order valence-corrected chi connectivity index (χ0v) is 43.9. The molecule has 10 heteroatoms. The van der Waals surface area contributed by atoms with Gasteiger partial charge < -0.3 is 28.5 Å². The number of nitrogens with one attached hydrogen (secondary N) is 1. The molecule has 0 aromatic carbocycles. The summed E-state index contributed by atoms with van der Waals surface area (Å²) in [5.74, 6) is -0.544. The highest BCUT2D eigenvalue weighted by atomic mass is 31.2. The lowest BCUT2D eigenvalue weighted by Crippen LogP contribution is -2.47. The van der Waals surface area contributed by atoms with Crippen molar-refractivity contribution in [2.75, 3.05) is 40.9 Å². The van der Waals surface area contributed by atoms with Crippen molar-refractivity contribution in [3.8, 4) is 0 Å². The molecule has 1 amide bonds. The summed E-state index contributed by atoms with van der Waals surface area (Å²) in [6.07, 6.45) is 50.0. The molecule has 0 saturated carbocycles. The number of carbonyl (C=O) groups is 2. The summed E-state index contributed by atoms with van der Waals surface area (Å²) in [7, 11) is 1.19. The van der Waals surface area contributed by atoms with E-state index in [1.807, 2.05) is 33.3 Å². The Kier molecular flexibility index (Phi) is 44.2. The van der Waals surface area contributed by atoms with Gasteiger partial charge >= 0.3 is 5.97 Å². The predicted molar refractivity (Wildman–Crippen MR) is 270 cm³/mol. The zero-order chi connectivity index (χ0) is 47.3. The average molecular weight is 925 g/mol. The average Bonchev–Trinajstić information content (AvgIpc) is 3.25. The SMILES string of the molecule is CCCC/C=C\CCCCCCCC(=O)OC(/C=C/CCCCCCCCCCC)C(COP(=O)([O-])OCC[N+](C)(C)C)NC(=O)CCCCCCCCCCCCCCCCCC. The van der Waals surface area contributed by atoms with E-state index in [1.165, 1.54) is 141 Å². The number of likely N-dealkylation sites (N-methyl/N-ethyl adjacent to an activating group) is 1. The third-order valence-electron chi connectivity index (χ3n) is 12.1. The zero-order valence-electron chi connectivity index (χ0n) is 43.0. The summed E-state index contributed by atoms with van der Waals surface area (Å²) in [6.45, 7) is 6.80. The molecule has 0 saturated heterocycles. The van der Waals surface area contributed by atoms with Gasteiger partial charge in [0.05, 0.1) is 33.8 Å². The molecule has 0 aromatic heterocycles. The van der Waals surface area contributed by atoms with Crippen LogP contribution in [0.2, 0.25) is 0 Å². The first kappa shape index (κ1) is 62.5. The van der Waals surface area contributed by atoms with Crippen molar-refractivity contribution < 1.29 is 37.3 Å². The molecule has 9 nitrogen and oxygen atoms in total. The lowest BCUT2D eigenvalue weighted by Gasteiger charge is -2.30. The summed E-state index contributed by atoms with van der Waals surface area (Å²) in [5.41, 5.74) is 0. The molecule has 0 bridgehead atoms. The number of amides is 1. The maximum Gasteiger partial charge on any atom is 0.306 e. The first-order valence-electron chi connectivity index (χ1n) is 27.1. The number of nitrogens with zero attached hydrogens (tertiary/aromatic N) is 1. The number of hydrogen-bond donors (Lipinski definition) is 1. The van der Waals surface area contributed by atoms with Crippen LogP contribution >= 0.6 is 7.82 Å². The summed E-state index contributed by atoms with van der Waals surface area (Å²) >= 11 is 0. The summed E-state index contributed by atoms with van der Waals surface area (Å²) in [5, 5.41) is 3.01. The Hall–Kier alpha value is -1.51. The van der Waals surface area contributed by atoms with Crippen LogP contribution in [0.3, 0.4) is 0 Å². The fourth-order valence-electron chi connectivity index (χ4n) is 7.86. The van der Waals surface area contributed by atoms with Crippen LogP contribution in [0.4, 0.5) is 0 Å². The molecule has 64 heavy (non-hydrogen) atoms. The number of rotatable bonds is 49. The number of phosphoric acid groups is 1. The highest BCUT2D eigenvalue weighted by Gasteiger charge is 2.27. The largest absolute Gasteiger partial charge is 0.756 e. The van der Waals surface area contributed by atoms with Crippen LogP contribution in [0, 0.1) is 0 Å². The lowest BCUT2D eigenvalue weighted by molar-refractivity contribution is -0.870. The fraction of sp³-hybridized carbons (Fsp3) is 0.889. The van der Waals surface area contributed by atoms with E-state index in [4.69, 9.17) is 13.8 Å². The number of phosphoric ester groups is 1. The summed E-state index contributed by atoms with van der Waals surface area (Å²) < 4.78 is 30.1. The molecule has 0 fully saturated rings. The second kappa shape index (κ2) is 45.3. The van der Waals surface area contributed by atoms with Crippen LogP contribution in [0.25, 0.3) is 0 Å². The molecule has 0 heterocycles. The van der Waals surface area contributed by atoms with Crippen LogP contribution in [-0.4, -0.2) is 69.4 Å². The monoisotopic (exact) mass is 925 g/mol. The van der Waals surface area contributed by atoms with Gasteiger partial charge in [0, 0.05) is 12.8 Å². The number of quaternary nitrogens is 1. The van der Waals surface area contributed by atoms with E-state index in [0.29, 0.717) is 17.4 Å². The number of carbonyl (C=O) groups excluding carboxylic acids is 2. The van der Waals surface area contributed by atoms with Gasteiger partial charge in [-0.05, 0) is 51.0 Å². The second-order valence-corrected chi connectivity index (χ2v) is 21.1. The van der Waals surface area contributed by atoms with Gasteiger partial charge in [-0.2, -0.15) is 0 Å². The van der Waals surface area contributed by atoms with Gasteiger partial charge in [-0.15, -0.1) is 0 Å². The van der Waals surface area contributed by atoms with Gasteiger partial charge in [-0.25, -0.2) is 0 Å². The van der Waals surface area contributed by atoms with Crippen molar-refractivity contribution in [3.63, 3.8) is 0 Å². The first-order valence-corrected chi connectivity index (χ1v) is 28.6. The fourth-order valence-corrected chi connectivity index (χ4v) is 8.58. The molecule has 0 aliphatic rings. The minimum atomic E-state index is -4.68. The highest BCUT2D eigenvalue weighted by Crippen LogP contribution is 2.38. The summed E-state index contributed by atoms with van der Waals surface area (Å²) in [6, 6.07) is -0.883. The Balaban J connectivity index is 5.33. The molecule has 3 unspecified atom stereocenters. The van der Waals surface area contributed by atoms with Gasteiger partial charge in [-0.3, -0.25) is 14.2 Å². The highest BCUT2D eigenvalue weighted by molar-refractivity contribution is 7.45. The number of hydrogen-bond acceptors (Lipinski definition) is 7. The van der Waals surface area contributed by atoms with E-state index in [-0.39, 0.29) is 31.5 Å². The maximum absolute atomic E-state index is 13.4. The van der Waals surface area contributed by atoms with Crippen molar-refractivity contribution >= 4 is 19.7 Å². The van der Waals surface area contributed by atoms with Crippen LogP contribution < -0.4 is 10.2 Å². The molecule has 0 aliphatic carbocycles. The van der Waals surface area contributed by atoms with Gasteiger partial charge in [0.2, 0.25) is 5.91 Å². The van der Waals surface area contributed by atoms with E-state index < -0.39 is 20.0 Å². The van der Waals surface area contributed by atoms with Gasteiger partial charge in [0.1, 0.15) is 19.3 Å². The van der Waals surface area contributed by atoms with E-state index >= 15 is 0 Å². The minimum absolute atomic E-state index is 0.0206. The molecule has 0 aliphatic heterocycles. The molecule has 0 rings (SSSR count). The van der Waals surface area contributed by atoms with Crippen LogP contribution in [0.5, 0.6) is 0 Å². The van der Waals surface area contributed by atoms with Crippen molar-refractivity contribution in [1.82, 2.24) is 5.32 Å². The Morgan fingerprint density at radius 2 is 0.922 bits per heavy atom.